The fourth-order valence-electron chi connectivity index (χ4n) is 3.84. The molecule has 144 valence electrons. The largest absolute Gasteiger partial charge is 0.468 e. The summed E-state index contributed by atoms with van der Waals surface area (Å²) in [6.07, 6.45) is 3.30. The van der Waals surface area contributed by atoms with E-state index in [1.54, 1.807) is 12.1 Å². The number of aryl methyl sites for hydroxylation is 1. The number of methoxy groups -OCH3 is 1. The Morgan fingerprint density at radius 1 is 1.15 bits per heavy atom. The molecule has 1 heterocycles. The lowest BCUT2D eigenvalue weighted by Crippen LogP contribution is -2.59. The molecule has 0 radical (unpaired) electrons. The molecule has 1 amide bonds. The van der Waals surface area contributed by atoms with Crippen LogP contribution in [0, 0.1) is 12.3 Å². The smallest absolute Gasteiger partial charge is 0.318 e. The van der Waals surface area contributed by atoms with Crippen LogP contribution in [0.25, 0.3) is 0 Å². The Kier molecular flexibility index (Phi) is 4.76. The first-order chi connectivity index (χ1) is 12.6. The van der Waals surface area contributed by atoms with Crippen LogP contribution in [-0.4, -0.2) is 37.8 Å². The number of carbonyl (C=O) groups is 2. The van der Waals surface area contributed by atoms with E-state index in [4.69, 9.17) is 4.74 Å². The maximum atomic E-state index is 13.3. The van der Waals surface area contributed by atoms with Crippen LogP contribution in [0.5, 0.6) is 0 Å². The minimum Gasteiger partial charge on any atom is -0.468 e. The first kappa shape index (κ1) is 19.4. The molecule has 0 saturated heterocycles. The number of nitrogens with zero attached hydrogens (tertiary/aromatic N) is 1. The van der Waals surface area contributed by atoms with Crippen molar-refractivity contribution >= 4 is 21.9 Å². The van der Waals surface area contributed by atoms with Gasteiger partial charge in [0.15, 0.2) is 0 Å². The van der Waals surface area contributed by atoms with Crippen LogP contribution in [0.2, 0.25) is 0 Å². The van der Waals surface area contributed by atoms with Crippen LogP contribution in [0.1, 0.15) is 32.3 Å². The van der Waals surface area contributed by atoms with Crippen molar-refractivity contribution in [1.29, 1.82) is 0 Å². The molecule has 0 N–H and O–H groups in total. The minimum atomic E-state index is -4.12. The van der Waals surface area contributed by atoms with Gasteiger partial charge in [-0.05, 0) is 45.7 Å². The molecule has 6 nitrogen and oxygen atoms in total. The molecule has 2 aliphatic rings. The monoisotopic (exact) mass is 389 g/mol. The lowest BCUT2D eigenvalue weighted by molar-refractivity contribution is -0.154. The summed E-state index contributed by atoms with van der Waals surface area (Å²) in [7, 11) is -2.84. The second kappa shape index (κ2) is 6.64. The molecule has 0 spiro atoms. The Morgan fingerprint density at radius 2 is 1.78 bits per heavy atom. The van der Waals surface area contributed by atoms with Gasteiger partial charge in [-0.2, -0.15) is 0 Å². The summed E-state index contributed by atoms with van der Waals surface area (Å²) in [5.74, 6) is -1.18. The third kappa shape index (κ3) is 3.00. The molecule has 27 heavy (non-hydrogen) atoms. The molecule has 0 bridgehead atoms. The van der Waals surface area contributed by atoms with Crippen LogP contribution in [0.4, 0.5) is 0 Å². The van der Waals surface area contributed by atoms with Crippen molar-refractivity contribution in [3.63, 3.8) is 0 Å². The maximum absolute atomic E-state index is 13.3. The van der Waals surface area contributed by atoms with Crippen LogP contribution in [-0.2, 0) is 24.3 Å². The molecular weight excluding hydrogens is 366 g/mol. The van der Waals surface area contributed by atoms with Gasteiger partial charge in [-0.3, -0.25) is 9.59 Å². The van der Waals surface area contributed by atoms with E-state index in [1.807, 2.05) is 20.8 Å². The summed E-state index contributed by atoms with van der Waals surface area (Å²) in [6.45, 7) is 5.67. The molecule has 1 aliphatic carbocycles. The van der Waals surface area contributed by atoms with Crippen molar-refractivity contribution in [2.45, 2.75) is 44.6 Å². The number of hydrogen-bond donors (Lipinski definition) is 0. The minimum absolute atomic E-state index is 0.0273. The quantitative estimate of drug-likeness (QED) is 0.587. The highest BCUT2D eigenvalue weighted by Gasteiger charge is 2.56. The Labute approximate surface area is 159 Å². The molecule has 2 atom stereocenters. The van der Waals surface area contributed by atoms with E-state index in [-0.39, 0.29) is 4.90 Å². The summed E-state index contributed by atoms with van der Waals surface area (Å²) < 4.78 is 32.5. The standard InChI is InChI=1S/C20H23NO5S/c1-13-5-7-16(8-6-13)27(24,25)21-17-11-14(2)15(3)12-20(17,19(23)26-4)10-9-18(21)22/h5-10,17H,11-12H2,1-4H3/t17-,20-/m1/s1. The number of ether oxygens (including phenoxy) is 1. The summed E-state index contributed by atoms with van der Waals surface area (Å²) in [5, 5.41) is 0. The van der Waals surface area contributed by atoms with Crippen LogP contribution in [0.15, 0.2) is 52.5 Å². The Bertz CT molecular complexity index is 959. The van der Waals surface area contributed by atoms with Gasteiger partial charge in [-0.15, -0.1) is 0 Å². The number of fused-ring (bicyclic) bond motifs is 1. The Hall–Kier alpha value is -2.41. The van der Waals surface area contributed by atoms with Crippen molar-refractivity contribution < 1.29 is 22.7 Å². The fourth-order valence-corrected chi connectivity index (χ4v) is 5.44. The third-order valence-corrected chi connectivity index (χ3v) is 7.37. The van der Waals surface area contributed by atoms with Gasteiger partial charge in [0.25, 0.3) is 15.9 Å². The second-order valence-electron chi connectivity index (χ2n) is 7.27. The number of allylic oxidation sites excluding steroid dienone is 1. The van der Waals surface area contributed by atoms with Gasteiger partial charge in [0.2, 0.25) is 0 Å². The maximum Gasteiger partial charge on any atom is 0.318 e. The van der Waals surface area contributed by atoms with Gasteiger partial charge < -0.3 is 4.74 Å². The number of rotatable bonds is 3. The Balaban J connectivity index is 2.18. The van der Waals surface area contributed by atoms with Gasteiger partial charge in [0, 0.05) is 6.08 Å². The number of benzene rings is 1. The lowest BCUT2D eigenvalue weighted by Gasteiger charge is -2.47. The molecule has 3 rings (SSSR count). The zero-order chi connectivity index (χ0) is 20.0. The van der Waals surface area contributed by atoms with Gasteiger partial charge in [0.1, 0.15) is 5.41 Å². The van der Waals surface area contributed by atoms with E-state index in [0.29, 0.717) is 12.8 Å². The topological polar surface area (TPSA) is 80.8 Å². The van der Waals surface area contributed by atoms with E-state index in [0.717, 1.165) is 21.0 Å². The van der Waals surface area contributed by atoms with Crippen molar-refractivity contribution in [2.24, 2.45) is 5.41 Å². The summed E-state index contributed by atoms with van der Waals surface area (Å²) in [5.41, 5.74) is 1.69. The molecule has 1 aliphatic heterocycles. The zero-order valence-corrected chi connectivity index (χ0v) is 16.7. The van der Waals surface area contributed by atoms with Crippen LogP contribution < -0.4 is 0 Å². The van der Waals surface area contributed by atoms with Crippen molar-refractivity contribution in [2.75, 3.05) is 7.11 Å². The summed E-state index contributed by atoms with van der Waals surface area (Å²) >= 11 is 0. The molecule has 1 aromatic rings. The predicted octanol–water partition coefficient (Wildman–Crippen LogP) is 2.74. The zero-order valence-electron chi connectivity index (χ0n) is 15.9. The van der Waals surface area contributed by atoms with E-state index >= 15 is 0 Å². The van der Waals surface area contributed by atoms with Gasteiger partial charge in [-0.25, -0.2) is 12.7 Å². The summed E-state index contributed by atoms with van der Waals surface area (Å²) in [6, 6.07) is 5.47. The van der Waals surface area contributed by atoms with Gasteiger partial charge >= 0.3 is 5.97 Å². The molecule has 7 heteroatoms. The van der Waals surface area contributed by atoms with Crippen molar-refractivity contribution in [1.82, 2.24) is 4.31 Å². The van der Waals surface area contributed by atoms with Crippen molar-refractivity contribution in [3.8, 4) is 0 Å². The van der Waals surface area contributed by atoms with Gasteiger partial charge in [-0.1, -0.05) is 34.9 Å². The number of hydrogen-bond acceptors (Lipinski definition) is 5. The number of sulfonamides is 1. The van der Waals surface area contributed by atoms with Gasteiger partial charge in [0.05, 0.1) is 18.0 Å². The lowest BCUT2D eigenvalue weighted by atomic mass is 9.67. The summed E-state index contributed by atoms with van der Waals surface area (Å²) in [4.78, 5) is 25.4. The number of esters is 1. The molecule has 0 saturated carbocycles. The predicted molar refractivity (Wildman–Crippen MR) is 100 cm³/mol. The van der Waals surface area contributed by atoms with E-state index in [2.05, 4.69) is 0 Å². The fraction of sp³-hybridized carbons (Fsp3) is 0.400. The number of carbonyl (C=O) groups excluding carboxylic acids is 2. The van der Waals surface area contributed by atoms with E-state index in [9.17, 15) is 18.0 Å². The highest BCUT2D eigenvalue weighted by atomic mass is 32.2. The van der Waals surface area contributed by atoms with Crippen LogP contribution >= 0.6 is 0 Å². The second-order valence-corrected chi connectivity index (χ2v) is 9.09. The third-order valence-electron chi connectivity index (χ3n) is 5.55. The Morgan fingerprint density at radius 3 is 2.37 bits per heavy atom. The van der Waals surface area contributed by atoms with E-state index < -0.39 is 33.4 Å². The van der Waals surface area contributed by atoms with E-state index in [1.165, 1.54) is 31.4 Å². The first-order valence-electron chi connectivity index (χ1n) is 8.71. The average molecular weight is 389 g/mol. The molecule has 0 aromatic heterocycles. The average Bonchev–Trinajstić information content (AvgIpc) is 2.62. The highest BCUT2D eigenvalue weighted by molar-refractivity contribution is 7.89. The molecule has 0 fully saturated rings. The normalized spacial score (nSPS) is 25.4. The van der Waals surface area contributed by atoms with Crippen LogP contribution in [0.3, 0.4) is 0 Å². The molecule has 1 aromatic carbocycles. The SMILES string of the molecule is COC(=O)[C@@]12C=CC(=O)N(S(=O)(=O)c3ccc(C)cc3)[C@@H]1CC(C)=C(C)C2. The first-order valence-corrected chi connectivity index (χ1v) is 10.2. The number of amides is 1. The highest BCUT2D eigenvalue weighted by Crippen LogP contribution is 2.47. The van der Waals surface area contributed by atoms with Crippen molar-refractivity contribution in [3.05, 3.63) is 53.1 Å². The molecule has 0 unspecified atom stereocenters. The molecular formula is C20H23NO5S.